The maximum absolute atomic E-state index is 11.0. The van der Waals surface area contributed by atoms with Crippen molar-refractivity contribution in [1.82, 2.24) is 0 Å². The molecule has 0 fully saturated rings. The SMILES string of the molecule is NC(=O)C[C@H](N)C(=O)CC(O)C(=O)O. The van der Waals surface area contributed by atoms with Gasteiger partial charge in [0.2, 0.25) is 5.91 Å². The van der Waals surface area contributed by atoms with Crippen molar-refractivity contribution in [3.63, 3.8) is 0 Å². The molecule has 0 bridgehead atoms. The zero-order valence-corrected chi connectivity index (χ0v) is 7.34. The van der Waals surface area contributed by atoms with Gasteiger partial charge in [-0.05, 0) is 0 Å². The van der Waals surface area contributed by atoms with E-state index >= 15 is 0 Å². The molecule has 1 amide bonds. The number of carboxylic acids is 1. The summed E-state index contributed by atoms with van der Waals surface area (Å²) in [5.74, 6) is -2.97. The minimum Gasteiger partial charge on any atom is -0.479 e. The smallest absolute Gasteiger partial charge is 0.332 e. The molecule has 0 radical (unpaired) electrons. The summed E-state index contributed by atoms with van der Waals surface area (Å²) in [6.07, 6.45) is -2.77. The van der Waals surface area contributed by atoms with Crippen molar-refractivity contribution >= 4 is 17.7 Å². The summed E-state index contributed by atoms with van der Waals surface area (Å²) < 4.78 is 0. The lowest BCUT2D eigenvalue weighted by molar-refractivity contribution is -0.149. The normalized spacial score (nSPS) is 14.4. The number of Topliss-reactive ketones (excluding diaryl/α,β-unsaturated/α-hetero) is 1. The molecule has 0 aromatic rings. The monoisotopic (exact) mass is 204 g/mol. The number of ketones is 1. The zero-order chi connectivity index (χ0) is 11.3. The highest BCUT2D eigenvalue weighted by Crippen LogP contribution is 1.99. The van der Waals surface area contributed by atoms with E-state index in [9.17, 15) is 14.4 Å². The zero-order valence-electron chi connectivity index (χ0n) is 7.34. The molecule has 0 heterocycles. The van der Waals surface area contributed by atoms with E-state index in [-0.39, 0.29) is 6.42 Å². The van der Waals surface area contributed by atoms with Crippen LogP contribution < -0.4 is 11.5 Å². The fourth-order valence-electron chi connectivity index (χ4n) is 0.760. The molecule has 0 aliphatic carbocycles. The van der Waals surface area contributed by atoms with Crippen LogP contribution in [0.25, 0.3) is 0 Å². The second-order valence-corrected chi connectivity index (χ2v) is 2.80. The van der Waals surface area contributed by atoms with E-state index < -0.39 is 36.2 Å². The molecule has 0 saturated carbocycles. The van der Waals surface area contributed by atoms with Gasteiger partial charge in [0.05, 0.1) is 6.04 Å². The first-order valence-corrected chi connectivity index (χ1v) is 3.82. The fourth-order valence-corrected chi connectivity index (χ4v) is 0.760. The van der Waals surface area contributed by atoms with Crippen LogP contribution in [-0.4, -0.2) is 40.0 Å². The second kappa shape index (κ2) is 5.30. The highest BCUT2D eigenvalue weighted by molar-refractivity contribution is 5.91. The lowest BCUT2D eigenvalue weighted by Gasteiger charge is -2.09. The van der Waals surface area contributed by atoms with Crippen molar-refractivity contribution < 1.29 is 24.6 Å². The van der Waals surface area contributed by atoms with Crippen LogP contribution in [0, 0.1) is 0 Å². The Balaban J connectivity index is 4.07. The third-order valence-corrected chi connectivity index (χ3v) is 1.51. The number of aliphatic hydroxyl groups is 1. The minimum absolute atomic E-state index is 0.356. The van der Waals surface area contributed by atoms with E-state index in [4.69, 9.17) is 21.7 Å². The van der Waals surface area contributed by atoms with E-state index in [0.29, 0.717) is 0 Å². The number of hydrogen-bond donors (Lipinski definition) is 4. The average Bonchev–Trinajstić information content (AvgIpc) is 2.02. The molecule has 2 atom stereocenters. The standard InChI is InChI=1S/C7H12N2O5/c8-3(1-6(9)12)4(10)2-5(11)7(13)14/h3,5,11H,1-2,8H2,(H2,9,12)(H,13,14)/t3-,5?/m0/s1. The van der Waals surface area contributed by atoms with Gasteiger partial charge >= 0.3 is 5.97 Å². The molecule has 0 rings (SSSR count). The summed E-state index contributed by atoms with van der Waals surface area (Å²) in [5, 5.41) is 17.0. The fraction of sp³-hybridized carbons (Fsp3) is 0.571. The Labute approximate surface area is 79.7 Å². The van der Waals surface area contributed by atoms with Gasteiger partial charge in [-0.1, -0.05) is 0 Å². The number of rotatable bonds is 6. The van der Waals surface area contributed by atoms with Crippen molar-refractivity contribution in [1.29, 1.82) is 0 Å². The molecule has 14 heavy (non-hydrogen) atoms. The summed E-state index contributed by atoms with van der Waals surface area (Å²) in [4.78, 5) is 31.5. The minimum atomic E-state index is -1.79. The quantitative estimate of drug-likeness (QED) is 0.379. The maximum atomic E-state index is 11.0. The highest BCUT2D eigenvalue weighted by atomic mass is 16.4. The molecule has 0 aromatic carbocycles. The number of amides is 1. The molecule has 0 aromatic heterocycles. The molecule has 0 aliphatic rings. The number of hydrogen-bond acceptors (Lipinski definition) is 5. The first kappa shape index (κ1) is 12.5. The molecular formula is C7H12N2O5. The van der Waals surface area contributed by atoms with Crippen molar-refractivity contribution in [2.24, 2.45) is 11.5 Å². The molecule has 1 unspecified atom stereocenters. The van der Waals surface area contributed by atoms with Gasteiger partial charge in [-0.25, -0.2) is 4.79 Å². The van der Waals surface area contributed by atoms with Gasteiger partial charge < -0.3 is 21.7 Å². The Kier molecular flexibility index (Phi) is 4.74. The Morgan fingerprint density at radius 1 is 1.21 bits per heavy atom. The summed E-state index contributed by atoms with van der Waals surface area (Å²) >= 11 is 0. The van der Waals surface area contributed by atoms with Crippen molar-refractivity contribution in [3.05, 3.63) is 0 Å². The predicted octanol–water partition coefficient (Wildman–Crippen LogP) is -2.41. The topological polar surface area (TPSA) is 144 Å². The molecule has 0 spiro atoms. The Bertz CT molecular complexity index is 252. The van der Waals surface area contributed by atoms with Gasteiger partial charge in [0.1, 0.15) is 0 Å². The Hall–Kier alpha value is -1.47. The molecular weight excluding hydrogens is 192 g/mol. The van der Waals surface area contributed by atoms with Crippen LogP contribution in [0.5, 0.6) is 0 Å². The van der Waals surface area contributed by atoms with Crippen LogP contribution in [0.4, 0.5) is 0 Å². The summed E-state index contributed by atoms with van der Waals surface area (Å²) in [6.45, 7) is 0. The lowest BCUT2D eigenvalue weighted by Crippen LogP contribution is -2.38. The van der Waals surface area contributed by atoms with Gasteiger partial charge in [-0.15, -0.1) is 0 Å². The predicted molar refractivity (Wildman–Crippen MR) is 45.1 cm³/mol. The number of carbonyl (C=O) groups is 3. The van der Waals surface area contributed by atoms with Crippen LogP contribution in [0.1, 0.15) is 12.8 Å². The summed E-state index contributed by atoms with van der Waals surface area (Å²) in [5.41, 5.74) is 9.98. The van der Waals surface area contributed by atoms with Crippen molar-refractivity contribution in [3.8, 4) is 0 Å². The van der Waals surface area contributed by atoms with E-state index in [1.807, 2.05) is 0 Å². The second-order valence-electron chi connectivity index (χ2n) is 2.80. The largest absolute Gasteiger partial charge is 0.479 e. The third kappa shape index (κ3) is 4.53. The Morgan fingerprint density at radius 3 is 2.07 bits per heavy atom. The van der Waals surface area contributed by atoms with E-state index in [2.05, 4.69) is 0 Å². The lowest BCUT2D eigenvalue weighted by atomic mass is 10.0. The summed E-state index contributed by atoms with van der Waals surface area (Å²) in [6, 6.07) is -1.15. The Morgan fingerprint density at radius 2 is 1.71 bits per heavy atom. The molecule has 80 valence electrons. The summed E-state index contributed by atoms with van der Waals surface area (Å²) in [7, 11) is 0. The molecule has 7 heteroatoms. The van der Waals surface area contributed by atoms with Gasteiger partial charge in [0.25, 0.3) is 0 Å². The third-order valence-electron chi connectivity index (χ3n) is 1.51. The molecule has 7 nitrogen and oxygen atoms in total. The number of primary amides is 1. The van der Waals surface area contributed by atoms with Gasteiger partial charge in [-0.2, -0.15) is 0 Å². The molecule has 0 aliphatic heterocycles. The van der Waals surface area contributed by atoms with Gasteiger partial charge in [0, 0.05) is 12.8 Å². The number of carbonyl (C=O) groups excluding carboxylic acids is 2. The van der Waals surface area contributed by atoms with Crippen molar-refractivity contribution in [2.75, 3.05) is 0 Å². The van der Waals surface area contributed by atoms with Crippen LogP contribution in [0.2, 0.25) is 0 Å². The van der Waals surface area contributed by atoms with Crippen LogP contribution in [0.3, 0.4) is 0 Å². The van der Waals surface area contributed by atoms with Gasteiger partial charge in [0.15, 0.2) is 11.9 Å². The number of nitrogens with two attached hydrogens (primary N) is 2. The first-order chi connectivity index (χ1) is 6.34. The van der Waals surface area contributed by atoms with E-state index in [0.717, 1.165) is 0 Å². The van der Waals surface area contributed by atoms with E-state index in [1.165, 1.54) is 0 Å². The molecule has 6 N–H and O–H groups in total. The van der Waals surface area contributed by atoms with Crippen LogP contribution in [0.15, 0.2) is 0 Å². The van der Waals surface area contributed by atoms with Crippen LogP contribution >= 0.6 is 0 Å². The number of aliphatic carboxylic acids is 1. The molecule has 0 saturated heterocycles. The van der Waals surface area contributed by atoms with Crippen molar-refractivity contribution in [2.45, 2.75) is 25.0 Å². The maximum Gasteiger partial charge on any atom is 0.332 e. The first-order valence-electron chi connectivity index (χ1n) is 3.82. The number of aliphatic hydroxyl groups excluding tert-OH is 1. The average molecular weight is 204 g/mol. The highest BCUT2D eigenvalue weighted by Gasteiger charge is 2.22. The van der Waals surface area contributed by atoms with E-state index in [1.54, 1.807) is 0 Å². The van der Waals surface area contributed by atoms with Gasteiger partial charge in [-0.3, -0.25) is 9.59 Å². The van der Waals surface area contributed by atoms with Crippen LogP contribution in [-0.2, 0) is 14.4 Å². The number of carboxylic acid groups (broad SMARTS) is 1.